The van der Waals surface area contributed by atoms with Crippen LogP contribution in [0.5, 0.6) is 5.75 Å². The lowest BCUT2D eigenvalue weighted by Crippen LogP contribution is -2.02. The van der Waals surface area contributed by atoms with E-state index in [0.717, 1.165) is 33.7 Å². The van der Waals surface area contributed by atoms with Crippen molar-refractivity contribution in [2.75, 3.05) is 11.9 Å². The number of aryl methyl sites for hydroxylation is 1. The molecule has 0 aliphatic rings. The molecule has 0 amide bonds. The molecular formula is C15H17BrN2O. The number of rotatable bonds is 5. The van der Waals surface area contributed by atoms with Gasteiger partial charge in [0.25, 0.3) is 0 Å². The van der Waals surface area contributed by atoms with Gasteiger partial charge >= 0.3 is 0 Å². The van der Waals surface area contributed by atoms with Gasteiger partial charge in [0.15, 0.2) is 0 Å². The van der Waals surface area contributed by atoms with Gasteiger partial charge in [-0.1, -0.05) is 15.9 Å². The van der Waals surface area contributed by atoms with Gasteiger partial charge in [-0.2, -0.15) is 0 Å². The van der Waals surface area contributed by atoms with E-state index >= 15 is 0 Å². The molecule has 1 aromatic heterocycles. The number of aromatic nitrogens is 1. The molecule has 1 heterocycles. The molecule has 0 aliphatic carbocycles. The predicted molar refractivity (Wildman–Crippen MR) is 81.6 cm³/mol. The van der Waals surface area contributed by atoms with E-state index in [2.05, 4.69) is 33.2 Å². The third-order valence-electron chi connectivity index (χ3n) is 2.71. The van der Waals surface area contributed by atoms with Gasteiger partial charge in [0.2, 0.25) is 0 Å². The van der Waals surface area contributed by atoms with Crippen LogP contribution in [-0.2, 0) is 6.61 Å². The van der Waals surface area contributed by atoms with Gasteiger partial charge in [0.05, 0.1) is 0 Å². The normalized spacial score (nSPS) is 10.3. The number of halogens is 1. The highest BCUT2D eigenvalue weighted by atomic mass is 79.9. The summed E-state index contributed by atoms with van der Waals surface area (Å²) in [6.45, 7) is 5.50. The Hall–Kier alpha value is -1.55. The Labute approximate surface area is 122 Å². The first-order valence-electron chi connectivity index (χ1n) is 6.27. The van der Waals surface area contributed by atoms with E-state index in [1.54, 1.807) is 6.20 Å². The van der Waals surface area contributed by atoms with Crippen LogP contribution in [-0.4, -0.2) is 11.5 Å². The molecule has 1 aromatic carbocycles. The number of hydrogen-bond acceptors (Lipinski definition) is 3. The summed E-state index contributed by atoms with van der Waals surface area (Å²) in [5.41, 5.74) is 2.23. The average molecular weight is 321 g/mol. The minimum absolute atomic E-state index is 0.545. The summed E-state index contributed by atoms with van der Waals surface area (Å²) in [5, 5.41) is 3.19. The van der Waals surface area contributed by atoms with Crippen LogP contribution in [0.3, 0.4) is 0 Å². The molecule has 0 saturated heterocycles. The number of nitrogens with zero attached hydrogens (tertiary/aromatic N) is 1. The van der Waals surface area contributed by atoms with E-state index in [0.29, 0.717) is 6.61 Å². The minimum atomic E-state index is 0.545. The fourth-order valence-corrected chi connectivity index (χ4v) is 2.25. The van der Waals surface area contributed by atoms with Crippen molar-refractivity contribution in [3.05, 3.63) is 52.1 Å². The van der Waals surface area contributed by atoms with Gasteiger partial charge < -0.3 is 10.1 Å². The third kappa shape index (κ3) is 3.96. The highest BCUT2D eigenvalue weighted by molar-refractivity contribution is 9.10. The minimum Gasteiger partial charge on any atom is -0.489 e. The summed E-state index contributed by atoms with van der Waals surface area (Å²) in [6.07, 6.45) is 1.80. The molecule has 2 aromatic rings. The fraction of sp³-hybridized carbons (Fsp3) is 0.267. The molecular weight excluding hydrogens is 304 g/mol. The van der Waals surface area contributed by atoms with E-state index in [9.17, 15) is 0 Å². The maximum Gasteiger partial charge on any atom is 0.126 e. The average Bonchev–Trinajstić information content (AvgIpc) is 2.38. The van der Waals surface area contributed by atoms with E-state index in [4.69, 9.17) is 4.74 Å². The Morgan fingerprint density at radius 1 is 1.26 bits per heavy atom. The fourth-order valence-electron chi connectivity index (χ4n) is 1.78. The second-order valence-corrected chi connectivity index (χ2v) is 5.19. The summed E-state index contributed by atoms with van der Waals surface area (Å²) in [7, 11) is 0. The summed E-state index contributed by atoms with van der Waals surface area (Å²) in [5.74, 6) is 1.79. The standard InChI is InChI=1S/C15H17BrN2O/c1-3-17-15-9-12(6-7-18-15)10-19-14-5-4-13(16)8-11(14)2/h4-9H,3,10H2,1-2H3,(H,17,18). The first-order chi connectivity index (χ1) is 9.19. The van der Waals surface area contributed by atoms with Crippen LogP contribution in [0.25, 0.3) is 0 Å². The van der Waals surface area contributed by atoms with Gasteiger partial charge in [0, 0.05) is 17.2 Å². The lowest BCUT2D eigenvalue weighted by molar-refractivity contribution is 0.304. The second kappa shape index (κ2) is 6.57. The molecule has 4 heteroatoms. The Balaban J connectivity index is 2.03. The van der Waals surface area contributed by atoms with Crippen LogP contribution < -0.4 is 10.1 Å². The lowest BCUT2D eigenvalue weighted by Gasteiger charge is -2.10. The first-order valence-corrected chi connectivity index (χ1v) is 7.06. The third-order valence-corrected chi connectivity index (χ3v) is 3.21. The highest BCUT2D eigenvalue weighted by Gasteiger charge is 2.02. The summed E-state index contributed by atoms with van der Waals surface area (Å²) in [6, 6.07) is 9.99. The van der Waals surface area contributed by atoms with Crippen LogP contribution in [0.15, 0.2) is 41.0 Å². The molecule has 100 valence electrons. The molecule has 0 spiro atoms. The SMILES string of the molecule is CCNc1cc(COc2ccc(Br)cc2C)ccn1. The number of pyridine rings is 1. The number of anilines is 1. The van der Waals surface area contributed by atoms with Crippen molar-refractivity contribution in [1.82, 2.24) is 4.98 Å². The summed E-state index contributed by atoms with van der Waals surface area (Å²) < 4.78 is 6.90. The molecule has 0 saturated carbocycles. The number of benzene rings is 1. The maximum atomic E-state index is 5.83. The molecule has 0 aliphatic heterocycles. The zero-order chi connectivity index (χ0) is 13.7. The summed E-state index contributed by atoms with van der Waals surface area (Å²) >= 11 is 3.45. The zero-order valence-electron chi connectivity index (χ0n) is 11.1. The molecule has 1 N–H and O–H groups in total. The Morgan fingerprint density at radius 3 is 2.84 bits per heavy atom. The summed E-state index contributed by atoms with van der Waals surface area (Å²) in [4.78, 5) is 4.24. The Bertz CT molecular complexity index is 558. The number of hydrogen-bond donors (Lipinski definition) is 1. The van der Waals surface area contributed by atoms with Gasteiger partial charge in [-0.25, -0.2) is 4.98 Å². The van der Waals surface area contributed by atoms with Crippen molar-refractivity contribution in [3.63, 3.8) is 0 Å². The Morgan fingerprint density at radius 2 is 2.11 bits per heavy atom. The lowest BCUT2D eigenvalue weighted by atomic mass is 10.2. The molecule has 0 radical (unpaired) electrons. The molecule has 0 atom stereocenters. The van der Waals surface area contributed by atoms with Crippen molar-refractivity contribution < 1.29 is 4.74 Å². The maximum absolute atomic E-state index is 5.83. The topological polar surface area (TPSA) is 34.1 Å². The van der Waals surface area contributed by atoms with E-state index in [1.165, 1.54) is 0 Å². The first kappa shape index (κ1) is 13.9. The number of nitrogens with one attached hydrogen (secondary N) is 1. The van der Waals surface area contributed by atoms with E-state index in [-0.39, 0.29) is 0 Å². The molecule has 0 fully saturated rings. The number of ether oxygens (including phenoxy) is 1. The molecule has 0 unspecified atom stereocenters. The van der Waals surface area contributed by atoms with Crippen molar-refractivity contribution in [2.24, 2.45) is 0 Å². The van der Waals surface area contributed by atoms with Gasteiger partial charge in [-0.15, -0.1) is 0 Å². The van der Waals surface area contributed by atoms with Gasteiger partial charge in [-0.3, -0.25) is 0 Å². The smallest absolute Gasteiger partial charge is 0.126 e. The zero-order valence-corrected chi connectivity index (χ0v) is 12.7. The van der Waals surface area contributed by atoms with Crippen molar-refractivity contribution in [2.45, 2.75) is 20.5 Å². The highest BCUT2D eigenvalue weighted by Crippen LogP contribution is 2.23. The van der Waals surface area contributed by atoms with Crippen molar-refractivity contribution >= 4 is 21.7 Å². The van der Waals surface area contributed by atoms with Crippen LogP contribution >= 0.6 is 15.9 Å². The molecule has 3 nitrogen and oxygen atoms in total. The van der Waals surface area contributed by atoms with Crippen LogP contribution in [0, 0.1) is 6.92 Å². The van der Waals surface area contributed by atoms with E-state index in [1.807, 2.05) is 37.3 Å². The quantitative estimate of drug-likeness (QED) is 0.898. The molecule has 2 rings (SSSR count). The predicted octanol–water partition coefficient (Wildman–Crippen LogP) is 4.16. The molecule has 19 heavy (non-hydrogen) atoms. The van der Waals surface area contributed by atoms with Gasteiger partial charge in [-0.05, 0) is 55.3 Å². The second-order valence-electron chi connectivity index (χ2n) is 4.28. The molecule has 0 bridgehead atoms. The van der Waals surface area contributed by atoms with Crippen molar-refractivity contribution in [3.8, 4) is 5.75 Å². The van der Waals surface area contributed by atoms with Crippen LogP contribution in [0.4, 0.5) is 5.82 Å². The van der Waals surface area contributed by atoms with Gasteiger partial charge in [0.1, 0.15) is 18.2 Å². The monoisotopic (exact) mass is 320 g/mol. The van der Waals surface area contributed by atoms with E-state index < -0.39 is 0 Å². The Kier molecular flexibility index (Phi) is 4.80. The van der Waals surface area contributed by atoms with Crippen LogP contribution in [0.2, 0.25) is 0 Å². The van der Waals surface area contributed by atoms with Crippen LogP contribution in [0.1, 0.15) is 18.1 Å². The van der Waals surface area contributed by atoms with Crippen molar-refractivity contribution in [1.29, 1.82) is 0 Å². The largest absolute Gasteiger partial charge is 0.489 e.